The van der Waals surface area contributed by atoms with Crippen LogP contribution in [0.3, 0.4) is 0 Å². The summed E-state index contributed by atoms with van der Waals surface area (Å²) in [4.78, 5) is 14.0. The van der Waals surface area contributed by atoms with Crippen molar-refractivity contribution in [2.24, 2.45) is 0 Å². The molecule has 24 heavy (non-hydrogen) atoms. The second kappa shape index (κ2) is 8.07. The summed E-state index contributed by atoms with van der Waals surface area (Å²) in [5.41, 5.74) is 0.883. The molecule has 0 amide bonds. The van der Waals surface area contributed by atoms with Gasteiger partial charge < -0.3 is 14.4 Å². The van der Waals surface area contributed by atoms with Gasteiger partial charge in [0.15, 0.2) is 0 Å². The summed E-state index contributed by atoms with van der Waals surface area (Å²) >= 11 is 6.16. The summed E-state index contributed by atoms with van der Waals surface area (Å²) in [6.45, 7) is 5.32. The molecule has 6 nitrogen and oxygen atoms in total. The van der Waals surface area contributed by atoms with Crippen molar-refractivity contribution >= 4 is 28.3 Å². The average molecular weight is 351 g/mol. The standard InChI is InChI=1S/C17H23ClN4O2/c1-21(5-8-23-2)12-16-19-15-11-13(18)3-4-14(15)17(20-16)22-6-9-24-10-7-22/h3-4,11H,5-10,12H2,1-2H3. The monoisotopic (exact) mass is 350 g/mol. The first kappa shape index (κ1) is 17.4. The summed E-state index contributed by atoms with van der Waals surface area (Å²) in [5, 5.41) is 1.72. The Balaban J connectivity index is 1.94. The number of rotatable bonds is 6. The maximum atomic E-state index is 6.16. The molecule has 130 valence electrons. The summed E-state index contributed by atoms with van der Waals surface area (Å²) < 4.78 is 10.6. The second-order valence-corrected chi connectivity index (χ2v) is 6.39. The molecule has 2 aromatic rings. The number of hydrogen-bond donors (Lipinski definition) is 0. The molecule has 0 bridgehead atoms. The van der Waals surface area contributed by atoms with Gasteiger partial charge in [0.1, 0.15) is 11.6 Å². The minimum Gasteiger partial charge on any atom is -0.383 e. The fourth-order valence-electron chi connectivity index (χ4n) is 2.79. The minimum absolute atomic E-state index is 0.670. The van der Waals surface area contributed by atoms with Gasteiger partial charge in [-0.1, -0.05) is 11.6 Å². The van der Waals surface area contributed by atoms with E-state index in [-0.39, 0.29) is 0 Å². The SMILES string of the molecule is COCCN(C)Cc1nc(N2CCOCC2)c2ccc(Cl)cc2n1. The fourth-order valence-corrected chi connectivity index (χ4v) is 2.95. The molecular formula is C17H23ClN4O2. The number of likely N-dealkylation sites (N-methyl/N-ethyl adjacent to an activating group) is 1. The van der Waals surface area contributed by atoms with Crippen LogP contribution in [0.4, 0.5) is 5.82 Å². The van der Waals surface area contributed by atoms with E-state index in [4.69, 9.17) is 31.0 Å². The summed E-state index contributed by atoms with van der Waals surface area (Å²) in [6.07, 6.45) is 0. The largest absolute Gasteiger partial charge is 0.383 e. The first-order chi connectivity index (χ1) is 11.7. The van der Waals surface area contributed by atoms with Gasteiger partial charge in [-0.25, -0.2) is 9.97 Å². The molecular weight excluding hydrogens is 328 g/mol. The van der Waals surface area contributed by atoms with Gasteiger partial charge >= 0.3 is 0 Å². The molecule has 0 atom stereocenters. The molecule has 1 fully saturated rings. The molecule has 0 saturated carbocycles. The number of fused-ring (bicyclic) bond motifs is 1. The molecule has 1 aliphatic heterocycles. The lowest BCUT2D eigenvalue weighted by Crippen LogP contribution is -2.37. The molecule has 0 radical (unpaired) electrons. The molecule has 1 aromatic heterocycles. The van der Waals surface area contributed by atoms with Crippen LogP contribution in [0.25, 0.3) is 10.9 Å². The number of methoxy groups -OCH3 is 1. The van der Waals surface area contributed by atoms with Crippen LogP contribution in [0.15, 0.2) is 18.2 Å². The van der Waals surface area contributed by atoms with Crippen molar-refractivity contribution in [2.75, 3.05) is 58.5 Å². The van der Waals surface area contributed by atoms with Gasteiger partial charge in [-0.15, -0.1) is 0 Å². The molecule has 0 aliphatic carbocycles. The Hall–Kier alpha value is -1.47. The quantitative estimate of drug-likeness (QED) is 0.796. The Morgan fingerprint density at radius 1 is 1.29 bits per heavy atom. The Bertz CT molecular complexity index is 692. The van der Waals surface area contributed by atoms with Crippen molar-refractivity contribution in [3.63, 3.8) is 0 Å². The topological polar surface area (TPSA) is 50.7 Å². The highest BCUT2D eigenvalue weighted by Gasteiger charge is 2.18. The first-order valence-corrected chi connectivity index (χ1v) is 8.51. The van der Waals surface area contributed by atoms with Crippen LogP contribution in [0.1, 0.15) is 5.82 Å². The van der Waals surface area contributed by atoms with Crippen LogP contribution in [0.5, 0.6) is 0 Å². The van der Waals surface area contributed by atoms with Crippen LogP contribution in [0.2, 0.25) is 5.02 Å². The van der Waals surface area contributed by atoms with Gasteiger partial charge in [0.2, 0.25) is 0 Å². The van der Waals surface area contributed by atoms with Gasteiger partial charge in [-0.3, -0.25) is 4.90 Å². The Labute approximate surface area is 147 Å². The second-order valence-electron chi connectivity index (χ2n) is 5.95. The maximum Gasteiger partial charge on any atom is 0.145 e. The highest BCUT2D eigenvalue weighted by Crippen LogP contribution is 2.27. The average Bonchev–Trinajstić information content (AvgIpc) is 2.59. The molecule has 0 unspecified atom stereocenters. The fraction of sp³-hybridized carbons (Fsp3) is 0.529. The maximum absolute atomic E-state index is 6.16. The van der Waals surface area contributed by atoms with Gasteiger partial charge in [-0.2, -0.15) is 0 Å². The zero-order valence-electron chi connectivity index (χ0n) is 14.2. The molecule has 1 aliphatic rings. The van der Waals surface area contributed by atoms with E-state index in [0.717, 1.165) is 55.4 Å². The van der Waals surface area contributed by atoms with E-state index in [2.05, 4.69) is 9.80 Å². The van der Waals surface area contributed by atoms with E-state index in [9.17, 15) is 0 Å². The normalized spacial score (nSPS) is 15.4. The lowest BCUT2D eigenvalue weighted by Gasteiger charge is -2.29. The van der Waals surface area contributed by atoms with E-state index in [1.165, 1.54) is 0 Å². The van der Waals surface area contributed by atoms with Gasteiger partial charge in [0.25, 0.3) is 0 Å². The lowest BCUT2D eigenvalue weighted by atomic mass is 10.2. The van der Waals surface area contributed by atoms with Crippen LogP contribution in [-0.2, 0) is 16.0 Å². The van der Waals surface area contributed by atoms with E-state index < -0.39 is 0 Å². The molecule has 3 rings (SSSR count). The van der Waals surface area contributed by atoms with Crippen LogP contribution in [-0.4, -0.2) is 68.5 Å². The highest BCUT2D eigenvalue weighted by molar-refractivity contribution is 6.31. The number of anilines is 1. The van der Waals surface area contributed by atoms with Crippen LogP contribution >= 0.6 is 11.6 Å². The van der Waals surface area contributed by atoms with E-state index in [1.54, 1.807) is 7.11 Å². The Kier molecular flexibility index (Phi) is 5.84. The number of nitrogens with zero attached hydrogens (tertiary/aromatic N) is 4. The zero-order chi connectivity index (χ0) is 16.9. The zero-order valence-corrected chi connectivity index (χ0v) is 14.9. The number of benzene rings is 1. The van der Waals surface area contributed by atoms with Crippen molar-refractivity contribution in [2.45, 2.75) is 6.54 Å². The molecule has 2 heterocycles. The van der Waals surface area contributed by atoms with E-state index in [1.807, 2.05) is 25.2 Å². The number of halogens is 1. The molecule has 1 saturated heterocycles. The smallest absolute Gasteiger partial charge is 0.145 e. The first-order valence-electron chi connectivity index (χ1n) is 8.14. The number of ether oxygens (including phenoxy) is 2. The third-order valence-electron chi connectivity index (χ3n) is 4.08. The lowest BCUT2D eigenvalue weighted by molar-refractivity contribution is 0.122. The molecule has 0 N–H and O–H groups in total. The van der Waals surface area contributed by atoms with E-state index >= 15 is 0 Å². The van der Waals surface area contributed by atoms with Crippen molar-refractivity contribution in [3.8, 4) is 0 Å². The number of morpholine rings is 1. The molecule has 0 spiro atoms. The molecule has 1 aromatic carbocycles. The van der Waals surface area contributed by atoms with Crippen molar-refractivity contribution in [1.29, 1.82) is 0 Å². The summed E-state index contributed by atoms with van der Waals surface area (Å²) in [6, 6.07) is 5.80. The van der Waals surface area contributed by atoms with Gasteiger partial charge in [0, 0.05) is 37.2 Å². The number of hydrogen-bond acceptors (Lipinski definition) is 6. The van der Waals surface area contributed by atoms with Crippen molar-refractivity contribution < 1.29 is 9.47 Å². The van der Waals surface area contributed by atoms with Crippen LogP contribution in [0, 0.1) is 0 Å². The van der Waals surface area contributed by atoms with Crippen molar-refractivity contribution in [1.82, 2.24) is 14.9 Å². The highest BCUT2D eigenvalue weighted by atomic mass is 35.5. The van der Waals surface area contributed by atoms with Gasteiger partial charge in [-0.05, 0) is 25.2 Å². The third-order valence-corrected chi connectivity index (χ3v) is 4.32. The third kappa shape index (κ3) is 4.13. The van der Waals surface area contributed by atoms with Crippen LogP contribution < -0.4 is 4.90 Å². The predicted molar refractivity (Wildman–Crippen MR) is 95.8 cm³/mol. The predicted octanol–water partition coefficient (Wildman–Crippen LogP) is 2.20. The Morgan fingerprint density at radius 2 is 2.08 bits per heavy atom. The summed E-state index contributed by atoms with van der Waals surface area (Å²) in [7, 11) is 3.75. The van der Waals surface area contributed by atoms with Crippen molar-refractivity contribution in [3.05, 3.63) is 29.0 Å². The molecule has 7 heteroatoms. The van der Waals surface area contributed by atoms with Gasteiger partial charge in [0.05, 0.1) is 31.9 Å². The summed E-state index contributed by atoms with van der Waals surface area (Å²) in [5.74, 6) is 1.76. The van der Waals surface area contributed by atoms with E-state index in [0.29, 0.717) is 18.2 Å². The number of aromatic nitrogens is 2. The minimum atomic E-state index is 0.670. The Morgan fingerprint density at radius 3 is 2.83 bits per heavy atom.